The fourth-order valence-electron chi connectivity index (χ4n) is 2.78. The molecule has 5 heteroatoms. The Morgan fingerprint density at radius 2 is 1.85 bits per heavy atom. The van der Waals surface area contributed by atoms with Gasteiger partial charge in [0.25, 0.3) is 0 Å². The van der Waals surface area contributed by atoms with E-state index in [1.54, 1.807) is 6.07 Å². The third kappa shape index (κ3) is 3.90. The quantitative estimate of drug-likeness (QED) is 0.660. The van der Waals surface area contributed by atoms with E-state index in [0.717, 1.165) is 25.3 Å². The number of alkyl halides is 3. The van der Waals surface area contributed by atoms with Gasteiger partial charge in [0.2, 0.25) is 0 Å². The summed E-state index contributed by atoms with van der Waals surface area (Å²) in [5, 5.41) is 3.13. The SMILES string of the molecule is CC1CCCCCC1Nc1ccc(Br)cc1C(F)(F)F. The maximum Gasteiger partial charge on any atom is 0.418 e. The monoisotopic (exact) mass is 349 g/mol. The average Bonchev–Trinajstić information content (AvgIpc) is 2.56. The molecule has 2 unspecified atom stereocenters. The maximum atomic E-state index is 13.1. The predicted molar refractivity (Wildman–Crippen MR) is 78.8 cm³/mol. The Labute approximate surface area is 126 Å². The van der Waals surface area contributed by atoms with Crippen LogP contribution in [0, 0.1) is 5.92 Å². The van der Waals surface area contributed by atoms with Crippen LogP contribution in [-0.4, -0.2) is 6.04 Å². The zero-order valence-electron chi connectivity index (χ0n) is 11.4. The first-order chi connectivity index (χ1) is 9.38. The molecule has 0 saturated heterocycles. The van der Waals surface area contributed by atoms with Crippen LogP contribution in [0.4, 0.5) is 18.9 Å². The van der Waals surface area contributed by atoms with Crippen LogP contribution in [0.15, 0.2) is 22.7 Å². The van der Waals surface area contributed by atoms with E-state index < -0.39 is 11.7 Å². The number of anilines is 1. The third-order valence-electron chi connectivity index (χ3n) is 3.99. The molecule has 0 aromatic heterocycles. The Kier molecular flexibility index (Phi) is 4.99. The lowest BCUT2D eigenvalue weighted by Crippen LogP contribution is -2.27. The lowest BCUT2D eigenvalue weighted by atomic mass is 9.96. The molecule has 2 rings (SSSR count). The van der Waals surface area contributed by atoms with Crippen LogP contribution >= 0.6 is 15.9 Å². The third-order valence-corrected chi connectivity index (χ3v) is 4.48. The van der Waals surface area contributed by atoms with Gasteiger partial charge in [0, 0.05) is 16.2 Å². The van der Waals surface area contributed by atoms with Crippen LogP contribution in [0.1, 0.15) is 44.6 Å². The lowest BCUT2D eigenvalue weighted by molar-refractivity contribution is -0.137. The Balaban J connectivity index is 2.24. The minimum absolute atomic E-state index is 0.125. The molecule has 0 spiro atoms. The molecular weight excluding hydrogens is 331 g/mol. The zero-order chi connectivity index (χ0) is 14.8. The summed E-state index contributed by atoms with van der Waals surface area (Å²) in [7, 11) is 0. The molecule has 1 fully saturated rings. The Morgan fingerprint density at radius 3 is 2.55 bits per heavy atom. The molecule has 1 aliphatic carbocycles. The molecule has 1 N–H and O–H groups in total. The van der Waals surface area contributed by atoms with Crippen molar-refractivity contribution in [1.82, 2.24) is 0 Å². The van der Waals surface area contributed by atoms with Gasteiger partial charge >= 0.3 is 6.18 Å². The molecule has 1 aromatic carbocycles. The van der Waals surface area contributed by atoms with Crippen LogP contribution in [-0.2, 0) is 6.18 Å². The van der Waals surface area contributed by atoms with Crippen molar-refractivity contribution in [2.75, 3.05) is 5.32 Å². The Bertz CT molecular complexity index is 459. The van der Waals surface area contributed by atoms with E-state index in [-0.39, 0.29) is 11.7 Å². The van der Waals surface area contributed by atoms with Crippen molar-refractivity contribution in [3.05, 3.63) is 28.2 Å². The highest BCUT2D eigenvalue weighted by Gasteiger charge is 2.34. The summed E-state index contributed by atoms with van der Waals surface area (Å²) in [4.78, 5) is 0. The van der Waals surface area contributed by atoms with Gasteiger partial charge in [0.15, 0.2) is 0 Å². The van der Waals surface area contributed by atoms with Crippen molar-refractivity contribution in [1.29, 1.82) is 0 Å². The predicted octanol–water partition coefficient (Wildman–Crippen LogP) is 5.85. The van der Waals surface area contributed by atoms with E-state index in [1.807, 2.05) is 0 Å². The topological polar surface area (TPSA) is 12.0 Å². The summed E-state index contributed by atoms with van der Waals surface area (Å²) in [6.07, 6.45) is 1.12. The van der Waals surface area contributed by atoms with Crippen LogP contribution < -0.4 is 5.32 Å². The van der Waals surface area contributed by atoms with Gasteiger partial charge in [0.05, 0.1) is 5.56 Å². The summed E-state index contributed by atoms with van der Waals surface area (Å²) >= 11 is 3.11. The standard InChI is InChI=1S/C15H19BrF3N/c1-10-5-3-2-4-6-13(10)20-14-8-7-11(16)9-12(14)15(17,18)19/h7-10,13,20H,2-6H2,1H3. The van der Waals surface area contributed by atoms with Gasteiger partial charge in [-0.3, -0.25) is 0 Å². The summed E-state index contributed by atoms with van der Waals surface area (Å²) in [6, 6.07) is 4.44. The first kappa shape index (κ1) is 15.7. The molecule has 1 aromatic rings. The second-order valence-electron chi connectivity index (χ2n) is 5.55. The number of benzene rings is 1. The summed E-state index contributed by atoms with van der Waals surface area (Å²) < 4.78 is 39.7. The largest absolute Gasteiger partial charge is 0.418 e. The Morgan fingerprint density at radius 1 is 1.15 bits per heavy atom. The highest BCUT2D eigenvalue weighted by atomic mass is 79.9. The van der Waals surface area contributed by atoms with E-state index in [9.17, 15) is 13.2 Å². The van der Waals surface area contributed by atoms with Gasteiger partial charge in [-0.1, -0.05) is 42.1 Å². The van der Waals surface area contributed by atoms with Crippen molar-refractivity contribution in [3.63, 3.8) is 0 Å². The zero-order valence-corrected chi connectivity index (χ0v) is 13.0. The van der Waals surface area contributed by atoms with Gasteiger partial charge in [-0.2, -0.15) is 13.2 Å². The molecule has 0 bridgehead atoms. The minimum Gasteiger partial charge on any atom is -0.382 e. The molecule has 2 atom stereocenters. The number of rotatable bonds is 2. The van der Waals surface area contributed by atoms with Crippen molar-refractivity contribution in [2.45, 2.75) is 51.2 Å². The van der Waals surface area contributed by atoms with Gasteiger partial charge in [0.1, 0.15) is 0 Å². The van der Waals surface area contributed by atoms with Crippen LogP contribution in [0.25, 0.3) is 0 Å². The molecule has 0 heterocycles. The first-order valence-electron chi connectivity index (χ1n) is 7.01. The van der Waals surface area contributed by atoms with Crippen molar-refractivity contribution in [2.24, 2.45) is 5.92 Å². The fourth-order valence-corrected chi connectivity index (χ4v) is 3.15. The summed E-state index contributed by atoms with van der Waals surface area (Å²) in [5.41, 5.74) is -0.400. The molecule has 1 saturated carbocycles. The average molecular weight is 350 g/mol. The molecule has 0 radical (unpaired) electrons. The molecule has 20 heavy (non-hydrogen) atoms. The summed E-state index contributed by atoms with van der Waals surface area (Å²) in [5.74, 6) is 0.405. The van der Waals surface area contributed by atoms with Gasteiger partial charge < -0.3 is 5.32 Å². The fraction of sp³-hybridized carbons (Fsp3) is 0.600. The van der Waals surface area contributed by atoms with E-state index in [4.69, 9.17) is 0 Å². The van der Waals surface area contributed by atoms with Gasteiger partial charge in [-0.05, 0) is 37.0 Å². The molecular formula is C15H19BrF3N. The van der Waals surface area contributed by atoms with Crippen molar-refractivity contribution in [3.8, 4) is 0 Å². The summed E-state index contributed by atoms with van der Waals surface area (Å²) in [6.45, 7) is 2.12. The van der Waals surface area contributed by atoms with Crippen LogP contribution in [0.3, 0.4) is 0 Å². The maximum absolute atomic E-state index is 13.1. The highest BCUT2D eigenvalue weighted by Crippen LogP contribution is 2.38. The smallest absolute Gasteiger partial charge is 0.382 e. The number of nitrogens with one attached hydrogen (secondary N) is 1. The van der Waals surface area contributed by atoms with Gasteiger partial charge in [-0.15, -0.1) is 0 Å². The molecule has 1 nitrogen and oxygen atoms in total. The van der Waals surface area contributed by atoms with Crippen molar-refractivity contribution < 1.29 is 13.2 Å². The second kappa shape index (κ2) is 6.37. The van der Waals surface area contributed by atoms with E-state index in [0.29, 0.717) is 10.4 Å². The van der Waals surface area contributed by atoms with Gasteiger partial charge in [-0.25, -0.2) is 0 Å². The minimum atomic E-state index is -4.33. The number of halogens is 4. The van der Waals surface area contributed by atoms with Crippen LogP contribution in [0.2, 0.25) is 0 Å². The molecule has 0 amide bonds. The number of hydrogen-bond acceptors (Lipinski definition) is 1. The first-order valence-corrected chi connectivity index (χ1v) is 7.80. The van der Waals surface area contributed by atoms with E-state index in [1.165, 1.54) is 18.9 Å². The molecule has 1 aliphatic rings. The normalized spacial score (nSPS) is 24.2. The van der Waals surface area contributed by atoms with E-state index >= 15 is 0 Å². The molecule has 0 aliphatic heterocycles. The Hall–Kier alpha value is -0.710. The second-order valence-corrected chi connectivity index (χ2v) is 6.47. The highest BCUT2D eigenvalue weighted by molar-refractivity contribution is 9.10. The van der Waals surface area contributed by atoms with E-state index in [2.05, 4.69) is 28.2 Å². The number of hydrogen-bond donors (Lipinski definition) is 1. The lowest BCUT2D eigenvalue weighted by Gasteiger charge is -2.26. The molecule has 112 valence electrons. The van der Waals surface area contributed by atoms with Crippen LogP contribution in [0.5, 0.6) is 0 Å². The van der Waals surface area contributed by atoms with Crippen molar-refractivity contribution >= 4 is 21.6 Å².